The van der Waals surface area contributed by atoms with Crippen LogP contribution in [0, 0.1) is 5.95 Å². The molecule has 0 N–H and O–H groups in total. The van der Waals surface area contributed by atoms with Gasteiger partial charge < -0.3 is 9.47 Å². The van der Waals surface area contributed by atoms with Gasteiger partial charge >= 0.3 is 0 Å². The molecule has 0 bridgehead atoms. The summed E-state index contributed by atoms with van der Waals surface area (Å²) in [7, 11) is 3.07. The summed E-state index contributed by atoms with van der Waals surface area (Å²) < 4.78 is 27.1. The van der Waals surface area contributed by atoms with Crippen molar-refractivity contribution in [2.45, 2.75) is 0 Å². The van der Waals surface area contributed by atoms with Crippen molar-refractivity contribution in [2.75, 3.05) is 14.2 Å². The summed E-state index contributed by atoms with van der Waals surface area (Å²) in [6.45, 7) is 0. The minimum Gasteiger partial charge on any atom is -0.486 e. The first-order valence-electron chi connectivity index (χ1n) is 4.46. The zero-order valence-corrected chi connectivity index (χ0v) is 9.55. The summed E-state index contributed by atoms with van der Waals surface area (Å²) >= 11 is 1.18. The third kappa shape index (κ3) is 1.83. The second-order valence-corrected chi connectivity index (χ2v) is 3.66. The van der Waals surface area contributed by atoms with E-state index in [1.165, 1.54) is 30.9 Å². The van der Waals surface area contributed by atoms with Crippen molar-refractivity contribution in [1.29, 1.82) is 0 Å². The Bertz CT molecular complexity index is 463. The second-order valence-electron chi connectivity index (χ2n) is 2.93. The Hall–Kier alpha value is -1.69. The molecule has 0 unspecified atom stereocenters. The van der Waals surface area contributed by atoms with Gasteiger partial charge in [0.25, 0.3) is 0 Å². The summed E-state index contributed by atoms with van der Waals surface area (Å²) in [5, 5.41) is 0.616. The fourth-order valence-corrected chi connectivity index (χ4v) is 2.01. The number of ether oxygens (including phenoxy) is 2. The lowest BCUT2D eigenvalue weighted by molar-refractivity contribution is 0.398. The fourth-order valence-electron chi connectivity index (χ4n) is 1.31. The molecule has 0 radical (unpaired) electrons. The number of nitrogens with zero attached hydrogens (tertiary/aromatic N) is 2. The van der Waals surface area contributed by atoms with E-state index >= 15 is 0 Å². The van der Waals surface area contributed by atoms with Crippen LogP contribution in [0.4, 0.5) is 4.39 Å². The zero-order chi connectivity index (χ0) is 11.5. The molecule has 2 rings (SSSR count). The molecule has 2 aromatic heterocycles. The molecular weight excluding hydrogens is 231 g/mol. The van der Waals surface area contributed by atoms with Gasteiger partial charge in [0.15, 0.2) is 0 Å². The molecule has 0 aliphatic heterocycles. The maximum atomic E-state index is 12.7. The van der Waals surface area contributed by atoms with Crippen molar-refractivity contribution in [1.82, 2.24) is 9.36 Å². The van der Waals surface area contributed by atoms with Crippen molar-refractivity contribution < 1.29 is 13.9 Å². The van der Waals surface area contributed by atoms with Gasteiger partial charge in [0.1, 0.15) is 5.56 Å². The standard InChI is InChI=1S/C10H9FN2O2S/c1-14-9-8(10(15-2)16-13-9)6-3-4-7(11)12-5-6/h3-5H,1-2H3. The van der Waals surface area contributed by atoms with E-state index in [1.54, 1.807) is 13.2 Å². The first-order chi connectivity index (χ1) is 7.76. The quantitative estimate of drug-likeness (QED) is 0.772. The Morgan fingerprint density at radius 3 is 2.62 bits per heavy atom. The average Bonchev–Trinajstić information content (AvgIpc) is 2.73. The van der Waals surface area contributed by atoms with Gasteiger partial charge in [0.2, 0.25) is 16.9 Å². The first kappa shape index (κ1) is 10.8. The van der Waals surface area contributed by atoms with Crippen molar-refractivity contribution in [3.63, 3.8) is 0 Å². The van der Waals surface area contributed by atoms with E-state index in [0.29, 0.717) is 22.1 Å². The van der Waals surface area contributed by atoms with Crippen LogP contribution in [0.2, 0.25) is 0 Å². The summed E-state index contributed by atoms with van der Waals surface area (Å²) in [5.74, 6) is -0.0693. The molecule has 0 fully saturated rings. The van der Waals surface area contributed by atoms with Crippen LogP contribution in [0.5, 0.6) is 10.9 Å². The molecule has 0 saturated heterocycles. The monoisotopic (exact) mass is 240 g/mol. The second kappa shape index (κ2) is 4.44. The smallest absolute Gasteiger partial charge is 0.236 e. The van der Waals surface area contributed by atoms with Crippen LogP contribution in [0.25, 0.3) is 11.1 Å². The number of halogens is 1. The summed E-state index contributed by atoms with van der Waals surface area (Å²) in [4.78, 5) is 3.58. The summed E-state index contributed by atoms with van der Waals surface area (Å²) in [6, 6.07) is 2.89. The van der Waals surface area contributed by atoms with Crippen LogP contribution in [-0.2, 0) is 0 Å². The van der Waals surface area contributed by atoms with E-state index in [4.69, 9.17) is 9.47 Å². The van der Waals surface area contributed by atoms with Gasteiger partial charge in [-0.25, -0.2) is 4.98 Å². The molecule has 2 heterocycles. The first-order valence-corrected chi connectivity index (χ1v) is 5.23. The van der Waals surface area contributed by atoms with Crippen LogP contribution in [0.3, 0.4) is 0 Å². The number of rotatable bonds is 3. The van der Waals surface area contributed by atoms with Crippen LogP contribution in [-0.4, -0.2) is 23.6 Å². The molecule has 0 amide bonds. The Morgan fingerprint density at radius 2 is 2.06 bits per heavy atom. The number of pyridine rings is 1. The van der Waals surface area contributed by atoms with E-state index in [2.05, 4.69) is 9.36 Å². The predicted molar refractivity (Wildman–Crippen MR) is 58.4 cm³/mol. The highest BCUT2D eigenvalue weighted by Gasteiger charge is 2.17. The molecule has 16 heavy (non-hydrogen) atoms. The number of methoxy groups -OCH3 is 2. The van der Waals surface area contributed by atoms with Gasteiger partial charge in [-0.1, -0.05) is 0 Å². The Balaban J connectivity index is 2.52. The highest BCUT2D eigenvalue weighted by molar-refractivity contribution is 7.08. The van der Waals surface area contributed by atoms with Gasteiger partial charge in [0.05, 0.1) is 14.2 Å². The molecule has 84 valence electrons. The SMILES string of the molecule is COc1nsc(OC)c1-c1ccc(F)nc1. The van der Waals surface area contributed by atoms with Gasteiger partial charge in [0, 0.05) is 23.3 Å². The molecule has 0 aliphatic rings. The maximum Gasteiger partial charge on any atom is 0.236 e. The Labute approximate surface area is 95.8 Å². The number of hydrogen-bond acceptors (Lipinski definition) is 5. The lowest BCUT2D eigenvalue weighted by atomic mass is 10.1. The van der Waals surface area contributed by atoms with E-state index < -0.39 is 5.95 Å². The van der Waals surface area contributed by atoms with Crippen LogP contribution < -0.4 is 9.47 Å². The van der Waals surface area contributed by atoms with Crippen LogP contribution in [0.1, 0.15) is 0 Å². The van der Waals surface area contributed by atoms with Gasteiger partial charge in [-0.2, -0.15) is 8.76 Å². The van der Waals surface area contributed by atoms with Crippen LogP contribution in [0.15, 0.2) is 18.3 Å². The molecule has 4 nitrogen and oxygen atoms in total. The Morgan fingerprint density at radius 1 is 1.25 bits per heavy atom. The van der Waals surface area contributed by atoms with Crippen molar-refractivity contribution in [3.05, 3.63) is 24.3 Å². The van der Waals surface area contributed by atoms with Crippen LogP contribution >= 0.6 is 11.5 Å². The Kier molecular flexibility index (Phi) is 3.00. The third-order valence-electron chi connectivity index (χ3n) is 2.02. The highest BCUT2D eigenvalue weighted by atomic mass is 32.1. The highest BCUT2D eigenvalue weighted by Crippen LogP contribution is 2.40. The minimum atomic E-state index is -0.523. The predicted octanol–water partition coefficient (Wildman–Crippen LogP) is 2.36. The van der Waals surface area contributed by atoms with Crippen molar-refractivity contribution in [2.24, 2.45) is 0 Å². The number of aromatic nitrogens is 2. The molecular formula is C10H9FN2O2S. The molecule has 0 aliphatic carbocycles. The van der Waals surface area contributed by atoms with Crippen molar-refractivity contribution >= 4 is 11.5 Å². The largest absolute Gasteiger partial charge is 0.486 e. The van der Waals surface area contributed by atoms with Crippen molar-refractivity contribution in [3.8, 4) is 22.1 Å². The number of hydrogen-bond donors (Lipinski definition) is 0. The fraction of sp³-hybridized carbons (Fsp3) is 0.200. The topological polar surface area (TPSA) is 44.2 Å². The molecule has 0 spiro atoms. The van der Waals surface area contributed by atoms with Gasteiger partial charge in [-0.05, 0) is 12.1 Å². The van der Waals surface area contributed by atoms with E-state index in [-0.39, 0.29) is 0 Å². The van der Waals surface area contributed by atoms with E-state index in [0.717, 1.165) is 0 Å². The minimum absolute atomic E-state index is 0.454. The summed E-state index contributed by atoms with van der Waals surface area (Å²) in [5.41, 5.74) is 1.41. The lowest BCUT2D eigenvalue weighted by Gasteiger charge is -2.03. The van der Waals surface area contributed by atoms with Gasteiger partial charge in [-0.15, -0.1) is 0 Å². The van der Waals surface area contributed by atoms with Gasteiger partial charge in [-0.3, -0.25) is 0 Å². The van der Waals surface area contributed by atoms with E-state index in [1.807, 2.05) is 0 Å². The molecule has 2 aromatic rings. The summed E-state index contributed by atoms with van der Waals surface area (Å²) in [6.07, 6.45) is 1.42. The van der Waals surface area contributed by atoms with E-state index in [9.17, 15) is 4.39 Å². The lowest BCUT2D eigenvalue weighted by Crippen LogP contribution is -1.89. The third-order valence-corrected chi connectivity index (χ3v) is 2.82. The molecule has 0 aromatic carbocycles. The maximum absolute atomic E-state index is 12.7. The molecule has 0 saturated carbocycles. The molecule has 0 atom stereocenters. The average molecular weight is 240 g/mol. The zero-order valence-electron chi connectivity index (χ0n) is 8.73. The molecule has 6 heteroatoms. The normalized spacial score (nSPS) is 10.2.